The van der Waals surface area contributed by atoms with Crippen LogP contribution in [0.4, 0.5) is 0 Å². The predicted molar refractivity (Wildman–Crippen MR) is 135 cm³/mol. The number of carbonyl (C=O) groups is 3. The minimum Gasteiger partial charge on any atom is -0.508 e. The van der Waals surface area contributed by atoms with Crippen LogP contribution in [0.1, 0.15) is 29.5 Å². The lowest BCUT2D eigenvalue weighted by atomic mass is 9.57. The topological polar surface area (TPSA) is 208 Å². The molecule has 0 unspecified atom stereocenters. The Labute approximate surface area is 219 Å². The van der Waals surface area contributed by atoms with E-state index in [1.54, 1.807) is 6.07 Å². The molecule has 1 fully saturated rings. The number of primary amides is 1. The Morgan fingerprint density at radius 1 is 1.21 bits per heavy atom. The summed E-state index contributed by atoms with van der Waals surface area (Å²) in [6.07, 6.45) is 2.07. The number of hydrogen-bond donors (Lipinski definition) is 6. The maximum absolute atomic E-state index is 13.8. The maximum Gasteiger partial charge on any atom is 0.255 e. The average molecular weight is 550 g/mol. The second-order valence-corrected chi connectivity index (χ2v) is 12.2. The van der Waals surface area contributed by atoms with Crippen LogP contribution in [0.5, 0.6) is 5.75 Å². The van der Waals surface area contributed by atoms with Crippen LogP contribution >= 0.6 is 0 Å². The molecule has 0 saturated heterocycles. The molecule has 0 bridgehead atoms. The summed E-state index contributed by atoms with van der Waals surface area (Å²) in [5.74, 6) is -6.99. The van der Waals surface area contributed by atoms with E-state index in [0.29, 0.717) is 18.4 Å². The van der Waals surface area contributed by atoms with Crippen molar-refractivity contribution in [1.29, 1.82) is 0 Å². The van der Waals surface area contributed by atoms with Gasteiger partial charge in [-0.05, 0) is 62.9 Å². The Bertz CT molecular complexity index is 1410. The standard InChI is InChI=1S/C25H31N3O9S/c1-28(2)19-14-10-12-9-13-11(5-4-8-27-38(3,36)37)6-7-15(29)17(13)20(30)16(12)22(32)25(14,35)23(33)18(21(19)31)24(26)34/h6-7,12,14,19,27,29-30,33,35H,4-5,8-10H2,1-3H3,(H2,26,34)/t12-,14-,19-,25-/m1/s1. The van der Waals surface area contributed by atoms with Gasteiger partial charge in [-0.3, -0.25) is 19.3 Å². The van der Waals surface area contributed by atoms with E-state index in [4.69, 9.17) is 5.73 Å². The number of fused-ring (bicyclic) bond motifs is 3. The van der Waals surface area contributed by atoms with Gasteiger partial charge in [0, 0.05) is 18.0 Å². The number of ketones is 2. The molecule has 4 rings (SSSR count). The molecule has 0 spiro atoms. The number of aliphatic hydroxyl groups is 3. The van der Waals surface area contributed by atoms with Crippen LogP contribution in [0.3, 0.4) is 0 Å². The van der Waals surface area contributed by atoms with Gasteiger partial charge in [0.2, 0.25) is 15.8 Å². The summed E-state index contributed by atoms with van der Waals surface area (Å²) in [6, 6.07) is 1.86. The molecular formula is C25H31N3O9S. The van der Waals surface area contributed by atoms with Gasteiger partial charge in [0.25, 0.3) is 5.91 Å². The summed E-state index contributed by atoms with van der Waals surface area (Å²) >= 11 is 0. The van der Waals surface area contributed by atoms with E-state index in [1.165, 1.54) is 25.1 Å². The number of rotatable bonds is 7. The number of hydrogen-bond acceptors (Lipinski definition) is 10. The first-order chi connectivity index (χ1) is 17.6. The zero-order valence-electron chi connectivity index (χ0n) is 21.2. The number of benzene rings is 1. The zero-order chi connectivity index (χ0) is 28.3. The number of aryl methyl sites for hydroxylation is 1. The molecule has 0 radical (unpaired) electrons. The second kappa shape index (κ2) is 9.49. The minimum atomic E-state index is -3.36. The van der Waals surface area contributed by atoms with Crippen LogP contribution in [0.25, 0.3) is 5.76 Å². The van der Waals surface area contributed by atoms with Crippen LogP contribution in [0.2, 0.25) is 0 Å². The molecule has 0 heterocycles. The number of aromatic hydroxyl groups is 1. The minimum absolute atomic E-state index is 0.00348. The Morgan fingerprint density at radius 3 is 2.45 bits per heavy atom. The number of sulfonamides is 1. The number of phenols is 1. The van der Waals surface area contributed by atoms with Crippen LogP contribution in [0, 0.1) is 11.8 Å². The van der Waals surface area contributed by atoms with E-state index in [2.05, 4.69) is 4.72 Å². The quantitative estimate of drug-likeness (QED) is 0.189. The number of amides is 1. The molecule has 1 saturated carbocycles. The Balaban J connectivity index is 1.82. The summed E-state index contributed by atoms with van der Waals surface area (Å²) in [6.45, 7) is 0.180. The highest BCUT2D eigenvalue weighted by molar-refractivity contribution is 7.88. The lowest BCUT2D eigenvalue weighted by Gasteiger charge is -2.50. The Morgan fingerprint density at radius 2 is 1.87 bits per heavy atom. The highest BCUT2D eigenvalue weighted by Crippen LogP contribution is 2.52. The van der Waals surface area contributed by atoms with Gasteiger partial charge in [0.1, 0.15) is 22.8 Å². The van der Waals surface area contributed by atoms with Crippen molar-refractivity contribution in [3.63, 3.8) is 0 Å². The largest absolute Gasteiger partial charge is 0.508 e. The third kappa shape index (κ3) is 4.28. The normalized spacial score (nSPS) is 27.3. The molecule has 0 aromatic heterocycles. The number of aliphatic hydroxyl groups excluding tert-OH is 2. The molecule has 38 heavy (non-hydrogen) atoms. The number of nitrogens with two attached hydrogens (primary N) is 1. The van der Waals surface area contributed by atoms with Gasteiger partial charge in [-0.25, -0.2) is 13.1 Å². The van der Waals surface area contributed by atoms with Gasteiger partial charge in [0.15, 0.2) is 11.4 Å². The SMILES string of the molecule is CN(C)[C@H]1C(=O)C(C(N)=O)=C(O)[C@]2(O)C(=O)C3=C(O)c4c(O)ccc(CCCNS(C)(=O)=O)c4C[C@@H]3C[C@H]12. The summed E-state index contributed by atoms with van der Waals surface area (Å²) < 4.78 is 25.1. The van der Waals surface area contributed by atoms with Crippen molar-refractivity contribution in [2.45, 2.75) is 37.3 Å². The van der Waals surface area contributed by atoms with E-state index < -0.39 is 68.1 Å². The molecule has 3 aliphatic carbocycles. The fraction of sp³-hybridized carbons (Fsp3) is 0.480. The van der Waals surface area contributed by atoms with Crippen molar-refractivity contribution in [2.24, 2.45) is 17.6 Å². The molecule has 0 aliphatic heterocycles. The van der Waals surface area contributed by atoms with Crippen LogP contribution in [-0.4, -0.2) is 89.8 Å². The highest BCUT2D eigenvalue weighted by Gasteiger charge is 2.64. The molecule has 7 N–H and O–H groups in total. The smallest absolute Gasteiger partial charge is 0.255 e. The van der Waals surface area contributed by atoms with Gasteiger partial charge in [-0.1, -0.05) is 6.07 Å². The maximum atomic E-state index is 13.8. The van der Waals surface area contributed by atoms with Crippen LogP contribution < -0.4 is 10.5 Å². The van der Waals surface area contributed by atoms with E-state index in [1.807, 2.05) is 0 Å². The van der Waals surface area contributed by atoms with Gasteiger partial charge >= 0.3 is 0 Å². The van der Waals surface area contributed by atoms with Crippen molar-refractivity contribution in [1.82, 2.24) is 9.62 Å². The Kier molecular flexibility index (Phi) is 6.93. The molecule has 206 valence electrons. The second-order valence-electron chi connectivity index (χ2n) is 10.3. The van der Waals surface area contributed by atoms with Crippen molar-refractivity contribution < 1.29 is 43.2 Å². The highest BCUT2D eigenvalue weighted by atomic mass is 32.2. The van der Waals surface area contributed by atoms with Gasteiger partial charge < -0.3 is 26.2 Å². The first kappa shape index (κ1) is 27.8. The number of nitrogens with zero attached hydrogens (tertiary/aromatic N) is 1. The molecule has 3 aliphatic rings. The van der Waals surface area contributed by atoms with Crippen LogP contribution in [-0.2, 0) is 37.2 Å². The monoisotopic (exact) mass is 549 g/mol. The van der Waals surface area contributed by atoms with Crippen molar-refractivity contribution >= 4 is 33.3 Å². The molecule has 13 heteroatoms. The third-order valence-corrected chi connectivity index (χ3v) is 8.42. The van der Waals surface area contributed by atoms with Gasteiger partial charge in [-0.2, -0.15) is 0 Å². The lowest BCUT2D eigenvalue weighted by molar-refractivity contribution is -0.153. The third-order valence-electron chi connectivity index (χ3n) is 7.69. The predicted octanol–water partition coefficient (Wildman–Crippen LogP) is -0.554. The fourth-order valence-corrected chi connectivity index (χ4v) is 6.59. The number of likely N-dealkylation sites (N-methyl/N-ethyl adjacent to an activating group) is 1. The molecule has 1 aromatic rings. The first-order valence-electron chi connectivity index (χ1n) is 12.0. The Hall–Kier alpha value is -3.26. The van der Waals surface area contributed by atoms with E-state index in [0.717, 1.165) is 11.8 Å². The van der Waals surface area contributed by atoms with Gasteiger partial charge in [0.05, 0.1) is 17.9 Å². The fourth-order valence-electron chi connectivity index (χ4n) is 6.08. The summed E-state index contributed by atoms with van der Waals surface area (Å²) in [5.41, 5.74) is 2.86. The van der Waals surface area contributed by atoms with E-state index in [-0.39, 0.29) is 36.3 Å². The van der Waals surface area contributed by atoms with Crippen LogP contribution in [0.15, 0.2) is 29.0 Å². The number of Topliss-reactive ketones (excluding diaryl/α,β-unsaturated/α-hetero) is 2. The van der Waals surface area contributed by atoms with E-state index in [9.17, 15) is 43.2 Å². The zero-order valence-corrected chi connectivity index (χ0v) is 22.0. The number of carbonyl (C=O) groups excluding carboxylic acids is 3. The van der Waals surface area contributed by atoms with E-state index >= 15 is 0 Å². The summed E-state index contributed by atoms with van der Waals surface area (Å²) in [5, 5.41) is 44.3. The molecule has 1 aromatic carbocycles. The van der Waals surface area contributed by atoms with Crippen molar-refractivity contribution in [3.8, 4) is 5.75 Å². The average Bonchev–Trinajstić information content (AvgIpc) is 2.79. The molecule has 1 amide bonds. The van der Waals surface area contributed by atoms with Crippen molar-refractivity contribution in [2.75, 3.05) is 26.9 Å². The molecule has 12 nitrogen and oxygen atoms in total. The molecular weight excluding hydrogens is 518 g/mol. The van der Waals surface area contributed by atoms with Crippen molar-refractivity contribution in [3.05, 3.63) is 45.7 Å². The summed E-state index contributed by atoms with van der Waals surface area (Å²) in [4.78, 5) is 40.4. The number of nitrogens with one attached hydrogen (secondary N) is 1. The lowest BCUT2D eigenvalue weighted by Crippen LogP contribution is -2.65. The molecule has 4 atom stereocenters. The summed E-state index contributed by atoms with van der Waals surface area (Å²) in [7, 11) is -0.293. The first-order valence-corrected chi connectivity index (χ1v) is 13.9. The number of phenolic OH excluding ortho intramolecular Hbond substituents is 1. The van der Waals surface area contributed by atoms with Gasteiger partial charge in [-0.15, -0.1) is 0 Å².